The summed E-state index contributed by atoms with van der Waals surface area (Å²) in [6, 6.07) is 7.36. The van der Waals surface area contributed by atoms with Crippen molar-refractivity contribution in [3.8, 4) is 5.75 Å². The van der Waals surface area contributed by atoms with Crippen LogP contribution in [0.25, 0.3) is 11.0 Å². The van der Waals surface area contributed by atoms with Crippen molar-refractivity contribution in [3.05, 3.63) is 51.7 Å². The van der Waals surface area contributed by atoms with Crippen molar-refractivity contribution in [3.63, 3.8) is 0 Å². The number of H-pyrrole nitrogens is 1. The molecule has 0 unspecified atom stereocenters. The number of aromatic nitrogens is 4. The molecule has 4 rings (SSSR count). The Labute approximate surface area is 145 Å². The summed E-state index contributed by atoms with van der Waals surface area (Å²) in [6.45, 7) is 2.01. The van der Waals surface area contributed by atoms with Gasteiger partial charge in [-0.2, -0.15) is 5.10 Å². The Hall–Kier alpha value is -2.63. The van der Waals surface area contributed by atoms with Gasteiger partial charge in [0.2, 0.25) is 0 Å². The maximum atomic E-state index is 12.7. The molecular formula is C19H22N4O2. The van der Waals surface area contributed by atoms with Crippen molar-refractivity contribution < 1.29 is 5.11 Å². The van der Waals surface area contributed by atoms with E-state index in [1.54, 1.807) is 18.2 Å². The molecule has 1 aliphatic rings. The van der Waals surface area contributed by atoms with Gasteiger partial charge in [-0.1, -0.05) is 31.9 Å². The van der Waals surface area contributed by atoms with Crippen LogP contribution in [0.4, 0.5) is 0 Å². The first kappa shape index (κ1) is 15.9. The molecule has 2 aromatic heterocycles. The molecule has 1 aromatic carbocycles. The summed E-state index contributed by atoms with van der Waals surface area (Å²) < 4.78 is 1.97. The molecule has 2 N–H and O–H groups in total. The second kappa shape index (κ2) is 6.35. The summed E-state index contributed by atoms with van der Waals surface area (Å²) in [4.78, 5) is 20.3. The summed E-state index contributed by atoms with van der Waals surface area (Å²) in [5.41, 5.74) is 2.30. The lowest BCUT2D eigenvalue weighted by Crippen LogP contribution is -2.14. The van der Waals surface area contributed by atoms with Crippen molar-refractivity contribution in [1.82, 2.24) is 19.7 Å². The molecule has 3 aromatic rings. The van der Waals surface area contributed by atoms with Crippen LogP contribution in [-0.4, -0.2) is 24.9 Å². The Morgan fingerprint density at radius 2 is 2.12 bits per heavy atom. The molecule has 0 amide bonds. The van der Waals surface area contributed by atoms with Crippen molar-refractivity contribution in [1.29, 1.82) is 0 Å². The number of fused-ring (bicyclic) bond motifs is 1. The Kier molecular flexibility index (Phi) is 4.03. The van der Waals surface area contributed by atoms with Gasteiger partial charge in [0.25, 0.3) is 5.56 Å². The van der Waals surface area contributed by atoms with Crippen LogP contribution in [0.1, 0.15) is 55.7 Å². The zero-order valence-electron chi connectivity index (χ0n) is 14.3. The second-order valence-corrected chi connectivity index (χ2v) is 6.74. The number of aromatic hydroxyl groups is 1. The van der Waals surface area contributed by atoms with E-state index in [0.29, 0.717) is 35.7 Å². The van der Waals surface area contributed by atoms with Crippen LogP contribution in [0.3, 0.4) is 0 Å². The number of aromatic amines is 1. The molecule has 0 atom stereocenters. The summed E-state index contributed by atoms with van der Waals surface area (Å²) in [5.74, 6) is 0.815. The molecule has 0 radical (unpaired) electrons. The Morgan fingerprint density at radius 1 is 1.32 bits per heavy atom. The number of phenols is 1. The van der Waals surface area contributed by atoms with E-state index in [1.165, 1.54) is 12.8 Å². The minimum atomic E-state index is -0.124. The molecule has 1 fully saturated rings. The zero-order chi connectivity index (χ0) is 17.4. The van der Waals surface area contributed by atoms with Gasteiger partial charge in [0.15, 0.2) is 5.65 Å². The number of hydrogen-bond donors (Lipinski definition) is 2. The van der Waals surface area contributed by atoms with Gasteiger partial charge in [0.1, 0.15) is 17.0 Å². The highest BCUT2D eigenvalue weighted by Gasteiger charge is 2.24. The standard InChI is InChI=1S/C19H22N4O2/c1-2-15-17-18(23(22-15)13-7-3-4-8-13)20-16(21-19(17)25)11-12-6-5-9-14(24)10-12/h5-6,9-10,13,24H,2-4,7-8,11H2,1H3,(H,20,21,25). The quantitative estimate of drug-likeness (QED) is 0.765. The van der Waals surface area contributed by atoms with Crippen LogP contribution in [0.2, 0.25) is 0 Å². The van der Waals surface area contributed by atoms with Gasteiger partial charge in [-0.3, -0.25) is 4.79 Å². The maximum absolute atomic E-state index is 12.7. The molecule has 25 heavy (non-hydrogen) atoms. The van der Waals surface area contributed by atoms with E-state index < -0.39 is 0 Å². The van der Waals surface area contributed by atoms with Gasteiger partial charge >= 0.3 is 0 Å². The summed E-state index contributed by atoms with van der Waals surface area (Å²) in [6.07, 6.45) is 5.77. The maximum Gasteiger partial charge on any atom is 0.262 e. The predicted octanol–water partition coefficient (Wildman–Crippen LogP) is 3.09. The minimum Gasteiger partial charge on any atom is -0.508 e. The highest BCUT2D eigenvalue weighted by atomic mass is 16.3. The van der Waals surface area contributed by atoms with E-state index in [-0.39, 0.29) is 11.3 Å². The minimum absolute atomic E-state index is 0.124. The number of rotatable bonds is 4. The lowest BCUT2D eigenvalue weighted by Gasteiger charge is -2.11. The topological polar surface area (TPSA) is 83.8 Å². The van der Waals surface area contributed by atoms with Gasteiger partial charge in [-0.05, 0) is 37.0 Å². The number of benzene rings is 1. The van der Waals surface area contributed by atoms with Crippen molar-refractivity contribution in [2.45, 2.75) is 51.5 Å². The summed E-state index contributed by atoms with van der Waals surface area (Å²) >= 11 is 0. The van der Waals surface area contributed by atoms with E-state index in [2.05, 4.69) is 4.98 Å². The Balaban J connectivity index is 1.82. The highest BCUT2D eigenvalue weighted by molar-refractivity contribution is 5.77. The van der Waals surface area contributed by atoms with Gasteiger partial charge in [0, 0.05) is 6.42 Å². The fourth-order valence-electron chi connectivity index (χ4n) is 3.75. The number of phenolic OH excluding ortho intramolecular Hbond substituents is 1. The van der Waals surface area contributed by atoms with Crippen molar-refractivity contribution >= 4 is 11.0 Å². The number of nitrogens with zero attached hydrogens (tertiary/aromatic N) is 3. The molecule has 1 aliphatic carbocycles. The smallest absolute Gasteiger partial charge is 0.262 e. The third kappa shape index (κ3) is 2.92. The van der Waals surface area contributed by atoms with Crippen LogP contribution in [0.15, 0.2) is 29.1 Å². The number of aryl methyl sites for hydroxylation is 1. The largest absolute Gasteiger partial charge is 0.508 e. The molecule has 0 saturated heterocycles. The third-order valence-corrected chi connectivity index (χ3v) is 4.97. The molecule has 0 spiro atoms. The molecule has 0 bridgehead atoms. The average Bonchev–Trinajstić information content (AvgIpc) is 3.22. The molecular weight excluding hydrogens is 316 g/mol. The first-order valence-corrected chi connectivity index (χ1v) is 8.94. The zero-order valence-corrected chi connectivity index (χ0v) is 14.3. The average molecular weight is 338 g/mol. The fraction of sp³-hybridized carbons (Fsp3) is 0.421. The van der Waals surface area contributed by atoms with E-state index in [0.717, 1.165) is 24.1 Å². The lowest BCUT2D eigenvalue weighted by atomic mass is 10.1. The Morgan fingerprint density at radius 3 is 2.84 bits per heavy atom. The molecule has 6 nitrogen and oxygen atoms in total. The van der Waals surface area contributed by atoms with Crippen LogP contribution in [0, 0.1) is 0 Å². The van der Waals surface area contributed by atoms with Gasteiger partial charge in [-0.25, -0.2) is 9.67 Å². The van der Waals surface area contributed by atoms with Crippen LogP contribution >= 0.6 is 0 Å². The van der Waals surface area contributed by atoms with E-state index in [9.17, 15) is 9.90 Å². The van der Waals surface area contributed by atoms with Crippen LogP contribution < -0.4 is 5.56 Å². The Bertz CT molecular complexity index is 967. The van der Waals surface area contributed by atoms with E-state index in [4.69, 9.17) is 10.1 Å². The SMILES string of the molecule is CCc1nn(C2CCCC2)c2nc(Cc3cccc(O)c3)[nH]c(=O)c12. The van der Waals surface area contributed by atoms with Crippen LogP contribution in [-0.2, 0) is 12.8 Å². The third-order valence-electron chi connectivity index (χ3n) is 4.97. The predicted molar refractivity (Wildman–Crippen MR) is 95.9 cm³/mol. The molecule has 0 aliphatic heterocycles. The first-order chi connectivity index (χ1) is 12.2. The van der Waals surface area contributed by atoms with Crippen molar-refractivity contribution in [2.75, 3.05) is 0 Å². The van der Waals surface area contributed by atoms with E-state index >= 15 is 0 Å². The van der Waals surface area contributed by atoms with Gasteiger partial charge < -0.3 is 10.1 Å². The molecule has 1 saturated carbocycles. The van der Waals surface area contributed by atoms with Crippen molar-refractivity contribution in [2.24, 2.45) is 0 Å². The fourth-order valence-corrected chi connectivity index (χ4v) is 3.75. The lowest BCUT2D eigenvalue weighted by molar-refractivity contribution is 0.474. The highest BCUT2D eigenvalue weighted by Crippen LogP contribution is 2.31. The van der Waals surface area contributed by atoms with Gasteiger partial charge in [0.05, 0.1) is 11.7 Å². The summed E-state index contributed by atoms with van der Waals surface area (Å²) in [7, 11) is 0. The number of nitrogens with one attached hydrogen (secondary N) is 1. The molecule has 6 heteroatoms. The second-order valence-electron chi connectivity index (χ2n) is 6.74. The first-order valence-electron chi connectivity index (χ1n) is 8.94. The van der Waals surface area contributed by atoms with Crippen LogP contribution in [0.5, 0.6) is 5.75 Å². The normalized spacial score (nSPS) is 15.2. The number of hydrogen-bond acceptors (Lipinski definition) is 4. The molecule has 2 heterocycles. The molecule has 130 valence electrons. The monoisotopic (exact) mass is 338 g/mol. The summed E-state index contributed by atoms with van der Waals surface area (Å²) in [5, 5.41) is 15.0. The van der Waals surface area contributed by atoms with Gasteiger partial charge in [-0.15, -0.1) is 0 Å². The van der Waals surface area contributed by atoms with E-state index in [1.807, 2.05) is 17.7 Å².